The second-order valence-electron chi connectivity index (χ2n) is 16.7. The molecule has 6 unspecified atom stereocenters. The van der Waals surface area contributed by atoms with Crippen molar-refractivity contribution in [2.24, 2.45) is 40.1 Å². The summed E-state index contributed by atoms with van der Waals surface area (Å²) >= 11 is 0. The van der Waals surface area contributed by atoms with E-state index in [0.29, 0.717) is 101 Å². The second kappa shape index (κ2) is 49.8. The Morgan fingerprint density at radius 3 is 1.25 bits per heavy atom. The van der Waals surface area contributed by atoms with Crippen LogP contribution in [0.2, 0.25) is 0 Å². The standard InChI is InChI=1S/C11H22N2O2.C10H20N2O3.C10H20N2O2.C8H17N3O2.C7H15N3O2/c1-2-9(12)7-5-3-4-6-8-10(13)11(14)15;1-2-3-8(11)4-6-15-7-5-9(12)10(13)14;1-2-5-8(11)6-3-4-7-9(12)10(13)14;1-5(9)4-6(10)2-3-7(11)8(12)13;8-4-3-5(9)1-2-6(10)7(11)12/h10,12H,2-8,13H2,1H3,(H,14,15);9,11H,2-7,12H2,1H3,(H,13,14);9,11H,2-7,12H2,1H3,(H,13,14);6-7,9H,2-4,10-11H2,1H3,(H,12,13);6,9H,1-4,8,10H2,(H,11,12). The first-order valence-corrected chi connectivity index (χ1v) is 24.0. The number of nitrogens with two attached hydrogens (primary N) is 7. The van der Waals surface area contributed by atoms with Crippen molar-refractivity contribution in [2.45, 2.75) is 212 Å². The van der Waals surface area contributed by atoms with E-state index in [0.717, 1.165) is 94.9 Å². The molecule has 0 aromatic heterocycles. The number of carbonyl (C=O) groups is 5. The first-order valence-electron chi connectivity index (χ1n) is 24.0. The molecule has 0 aromatic rings. The number of hydrogen-bond acceptors (Lipinski definition) is 18. The lowest BCUT2D eigenvalue weighted by atomic mass is 10.0. The highest BCUT2D eigenvalue weighted by molar-refractivity contribution is 5.83. The summed E-state index contributed by atoms with van der Waals surface area (Å²) in [6.07, 6.45) is 16.4. The fraction of sp³-hybridized carbons (Fsp3) is 0.783. The van der Waals surface area contributed by atoms with E-state index in [1.54, 1.807) is 6.92 Å². The molecule has 23 nitrogen and oxygen atoms in total. The van der Waals surface area contributed by atoms with Gasteiger partial charge >= 0.3 is 29.8 Å². The van der Waals surface area contributed by atoms with Gasteiger partial charge in [-0.1, -0.05) is 59.3 Å². The molecule has 6 atom stereocenters. The number of ether oxygens (including phenoxy) is 1. The zero-order valence-corrected chi connectivity index (χ0v) is 42.1. The molecule has 0 saturated carbocycles. The van der Waals surface area contributed by atoms with Crippen molar-refractivity contribution >= 4 is 58.4 Å². The summed E-state index contributed by atoms with van der Waals surface area (Å²) in [4.78, 5) is 51.7. The maximum atomic E-state index is 10.4. The highest BCUT2D eigenvalue weighted by atomic mass is 16.5. The van der Waals surface area contributed by atoms with Crippen molar-refractivity contribution < 1.29 is 54.2 Å². The number of carboxylic acid groups (broad SMARTS) is 5. The van der Waals surface area contributed by atoms with Crippen LogP contribution in [0.4, 0.5) is 0 Å². The Balaban J connectivity index is -0.000000248. The van der Waals surface area contributed by atoms with Gasteiger partial charge in [0.15, 0.2) is 0 Å². The van der Waals surface area contributed by atoms with Crippen molar-refractivity contribution in [3.8, 4) is 0 Å². The molecule has 0 spiro atoms. The Kier molecular flexibility index (Phi) is 52.9. The minimum atomic E-state index is -1.02. The monoisotopic (exact) mass is 991 g/mol. The molecule has 69 heavy (non-hydrogen) atoms. The van der Waals surface area contributed by atoms with Gasteiger partial charge in [-0.15, -0.1) is 0 Å². The van der Waals surface area contributed by atoms with Gasteiger partial charge in [0, 0.05) is 47.6 Å². The third-order valence-corrected chi connectivity index (χ3v) is 9.85. The van der Waals surface area contributed by atoms with Crippen molar-refractivity contribution in [3.63, 3.8) is 0 Å². The fourth-order valence-corrected chi connectivity index (χ4v) is 5.43. The third-order valence-electron chi connectivity index (χ3n) is 9.85. The van der Waals surface area contributed by atoms with Gasteiger partial charge in [-0.2, -0.15) is 0 Å². The van der Waals surface area contributed by atoms with Gasteiger partial charge < -0.3 is 97.5 Å². The largest absolute Gasteiger partial charge is 0.480 e. The Hall–Kier alpha value is -4.62. The molecule has 404 valence electrons. The van der Waals surface area contributed by atoms with Crippen LogP contribution in [0.25, 0.3) is 0 Å². The highest BCUT2D eigenvalue weighted by Crippen LogP contribution is 2.09. The van der Waals surface area contributed by atoms with Crippen molar-refractivity contribution in [1.82, 2.24) is 0 Å². The molecule has 0 aliphatic carbocycles. The first kappa shape index (κ1) is 73.3. The predicted molar refractivity (Wildman–Crippen MR) is 273 cm³/mol. The van der Waals surface area contributed by atoms with E-state index in [4.69, 9.17) is 97.5 Å². The summed E-state index contributed by atoms with van der Waals surface area (Å²) in [6, 6.07) is -4.14. The second-order valence-corrected chi connectivity index (χ2v) is 16.7. The number of unbranched alkanes of at least 4 members (excludes halogenated alkanes) is 4. The number of carboxylic acids is 5. The molecule has 0 radical (unpaired) electrons. The fourth-order valence-electron chi connectivity index (χ4n) is 5.43. The van der Waals surface area contributed by atoms with Gasteiger partial charge in [-0.05, 0) is 116 Å². The van der Waals surface area contributed by atoms with Crippen LogP contribution in [0.5, 0.6) is 0 Å². The highest BCUT2D eigenvalue weighted by Gasteiger charge is 2.15. The van der Waals surface area contributed by atoms with Crippen LogP contribution < -0.4 is 40.1 Å². The summed E-state index contributed by atoms with van der Waals surface area (Å²) in [6.45, 7) is 9.00. The SMILES string of the molecule is CC(=N)CC(N)CCC(N)C(=O)O.CCC(=N)CCCCCCC(N)C(=O)O.CCCC(=N)CCCCC(N)C(=O)O.CCCC(=N)CCOCCC(N)C(=O)O.N=C(CCN)CCC(N)C(=O)O. The Bertz CT molecular complexity index is 1460. The summed E-state index contributed by atoms with van der Waals surface area (Å²) in [5.74, 6) is -4.87. The minimum absolute atomic E-state index is 0.150. The van der Waals surface area contributed by atoms with E-state index in [1.807, 2.05) is 13.8 Å². The smallest absolute Gasteiger partial charge is 0.320 e. The molecule has 0 bridgehead atoms. The predicted octanol–water partition coefficient (Wildman–Crippen LogP) is 4.44. The zero-order chi connectivity index (χ0) is 54.3. The number of nitrogens with one attached hydrogen (secondary N) is 5. The molecule has 0 aliphatic heterocycles. The summed E-state index contributed by atoms with van der Waals surface area (Å²) in [5.41, 5.74) is 40.6. The van der Waals surface area contributed by atoms with Gasteiger partial charge in [0.25, 0.3) is 0 Å². The topological polar surface area (TPSA) is 497 Å². The van der Waals surface area contributed by atoms with Crippen LogP contribution in [0, 0.1) is 27.0 Å². The molecule has 0 rings (SSSR count). The molecule has 0 aromatic carbocycles. The zero-order valence-electron chi connectivity index (χ0n) is 42.1. The Labute approximate surface area is 410 Å². The number of rotatable bonds is 38. The van der Waals surface area contributed by atoms with Crippen LogP contribution in [0.3, 0.4) is 0 Å². The van der Waals surface area contributed by atoms with E-state index in [2.05, 4.69) is 6.92 Å². The quantitative estimate of drug-likeness (QED) is 0.0300. The van der Waals surface area contributed by atoms with Crippen LogP contribution in [-0.2, 0) is 28.7 Å². The average Bonchev–Trinajstić information content (AvgIpc) is 3.27. The van der Waals surface area contributed by atoms with Crippen molar-refractivity contribution in [2.75, 3.05) is 19.8 Å². The van der Waals surface area contributed by atoms with Gasteiger partial charge in [0.1, 0.15) is 30.2 Å². The van der Waals surface area contributed by atoms with Crippen LogP contribution >= 0.6 is 0 Å². The summed E-state index contributed by atoms with van der Waals surface area (Å²) in [7, 11) is 0. The summed E-state index contributed by atoms with van der Waals surface area (Å²) in [5, 5.41) is 79.3. The Morgan fingerprint density at radius 2 is 0.812 bits per heavy atom. The van der Waals surface area contributed by atoms with Crippen molar-refractivity contribution in [3.05, 3.63) is 0 Å². The first-order chi connectivity index (χ1) is 32.2. The molecule has 23 heteroatoms. The van der Waals surface area contributed by atoms with E-state index >= 15 is 0 Å². The van der Waals surface area contributed by atoms with Crippen LogP contribution in [0.1, 0.15) is 175 Å². The number of hydrogen-bond donors (Lipinski definition) is 17. The number of aliphatic carboxylic acids is 5. The lowest BCUT2D eigenvalue weighted by Crippen LogP contribution is -2.33. The maximum Gasteiger partial charge on any atom is 0.320 e. The van der Waals surface area contributed by atoms with Gasteiger partial charge in [-0.25, -0.2) is 0 Å². The Morgan fingerprint density at radius 1 is 0.435 bits per heavy atom. The lowest BCUT2D eigenvalue weighted by molar-refractivity contribution is -0.139. The molecule has 0 amide bonds. The third kappa shape index (κ3) is 57.6. The average molecular weight is 991 g/mol. The van der Waals surface area contributed by atoms with E-state index < -0.39 is 60.1 Å². The molecular formula is C46H94N12O11. The molecule has 0 aliphatic rings. The molecule has 0 saturated heterocycles. The molecule has 0 heterocycles. The summed E-state index contributed by atoms with van der Waals surface area (Å²) < 4.78 is 5.19. The van der Waals surface area contributed by atoms with Crippen molar-refractivity contribution in [1.29, 1.82) is 27.0 Å². The van der Waals surface area contributed by atoms with Crippen LogP contribution in [0.15, 0.2) is 0 Å². The lowest BCUT2D eigenvalue weighted by Gasteiger charge is -2.12. The van der Waals surface area contributed by atoms with E-state index in [-0.39, 0.29) is 6.04 Å². The molecular weight excluding hydrogens is 897 g/mol. The van der Waals surface area contributed by atoms with Crippen LogP contribution in [-0.4, -0.2) is 140 Å². The maximum absolute atomic E-state index is 10.4. The van der Waals surface area contributed by atoms with E-state index in [1.165, 1.54) is 0 Å². The van der Waals surface area contributed by atoms with E-state index in [9.17, 15) is 24.0 Å². The van der Waals surface area contributed by atoms with Gasteiger partial charge in [0.05, 0.1) is 6.61 Å². The van der Waals surface area contributed by atoms with Gasteiger partial charge in [-0.3, -0.25) is 24.0 Å². The molecule has 0 fully saturated rings. The minimum Gasteiger partial charge on any atom is -0.480 e. The van der Waals surface area contributed by atoms with Gasteiger partial charge in [0.2, 0.25) is 0 Å². The molecule has 24 N–H and O–H groups in total. The normalized spacial score (nSPS) is 12.9.